The van der Waals surface area contributed by atoms with Gasteiger partial charge in [0.15, 0.2) is 0 Å². The Kier molecular flexibility index (Phi) is 4.28. The first kappa shape index (κ1) is 17.1. The molecule has 0 fully saturated rings. The number of nitrogens with zero attached hydrogens (tertiary/aromatic N) is 2. The fourth-order valence-electron chi connectivity index (χ4n) is 2.48. The van der Waals surface area contributed by atoms with Crippen LogP contribution >= 0.6 is 0 Å². The van der Waals surface area contributed by atoms with Crippen molar-refractivity contribution in [2.75, 3.05) is 0 Å². The van der Waals surface area contributed by atoms with Crippen LogP contribution in [0.2, 0.25) is 0 Å². The van der Waals surface area contributed by atoms with Crippen LogP contribution in [0.4, 0.5) is 22.0 Å². The van der Waals surface area contributed by atoms with Crippen LogP contribution in [-0.2, 0) is 6.18 Å². The summed E-state index contributed by atoms with van der Waals surface area (Å²) in [5, 5.41) is 0. The Morgan fingerprint density at radius 1 is 1.08 bits per heavy atom. The van der Waals surface area contributed by atoms with E-state index in [4.69, 9.17) is 0 Å². The molecule has 130 valence electrons. The van der Waals surface area contributed by atoms with Crippen LogP contribution in [-0.4, -0.2) is 16.6 Å². The van der Waals surface area contributed by atoms with Gasteiger partial charge in [0.1, 0.15) is 0 Å². The molecular formula is C17H11F5N2O. The molecule has 0 atom stereocenters. The quantitative estimate of drug-likeness (QED) is 0.605. The van der Waals surface area contributed by atoms with Crippen LogP contribution < -0.4 is 4.74 Å². The van der Waals surface area contributed by atoms with Crippen LogP contribution in [0.3, 0.4) is 0 Å². The first-order valence-corrected chi connectivity index (χ1v) is 7.14. The number of benzene rings is 2. The van der Waals surface area contributed by atoms with Crippen molar-refractivity contribution in [2.45, 2.75) is 19.7 Å². The monoisotopic (exact) mass is 354 g/mol. The molecule has 0 N–H and O–H groups in total. The number of aryl methyl sites for hydroxylation is 1. The Labute approximate surface area is 139 Å². The Morgan fingerprint density at radius 3 is 2.52 bits per heavy atom. The van der Waals surface area contributed by atoms with E-state index in [0.29, 0.717) is 22.2 Å². The van der Waals surface area contributed by atoms with Crippen LogP contribution in [0.15, 0.2) is 42.6 Å². The number of ether oxygens (including phenoxy) is 1. The number of alkyl halides is 5. The fraction of sp³-hybridized carbons (Fsp3) is 0.176. The van der Waals surface area contributed by atoms with Crippen molar-refractivity contribution in [3.8, 4) is 17.0 Å². The van der Waals surface area contributed by atoms with Crippen molar-refractivity contribution in [2.24, 2.45) is 0 Å². The second kappa shape index (κ2) is 6.27. The third kappa shape index (κ3) is 3.67. The van der Waals surface area contributed by atoms with Crippen molar-refractivity contribution in [3.63, 3.8) is 0 Å². The molecule has 0 amide bonds. The van der Waals surface area contributed by atoms with Gasteiger partial charge in [-0.2, -0.15) is 22.0 Å². The minimum absolute atomic E-state index is 0.255. The van der Waals surface area contributed by atoms with Gasteiger partial charge >= 0.3 is 12.8 Å². The largest absolute Gasteiger partial charge is 0.416 e. The van der Waals surface area contributed by atoms with E-state index in [1.54, 1.807) is 19.1 Å². The molecule has 0 saturated heterocycles. The third-order valence-electron chi connectivity index (χ3n) is 3.48. The predicted octanol–water partition coefficient (Wildman–Crippen LogP) is 5.23. The highest BCUT2D eigenvalue weighted by molar-refractivity contribution is 5.92. The molecule has 8 heteroatoms. The van der Waals surface area contributed by atoms with Gasteiger partial charge in [0.2, 0.25) is 5.88 Å². The lowest BCUT2D eigenvalue weighted by Crippen LogP contribution is -2.05. The van der Waals surface area contributed by atoms with Crippen LogP contribution in [0.1, 0.15) is 11.1 Å². The molecule has 1 aromatic heterocycles. The van der Waals surface area contributed by atoms with Gasteiger partial charge in [0.25, 0.3) is 0 Å². The summed E-state index contributed by atoms with van der Waals surface area (Å²) in [6.45, 7) is -1.32. The molecule has 3 aromatic rings. The van der Waals surface area contributed by atoms with Gasteiger partial charge in [0.05, 0.1) is 22.8 Å². The zero-order chi connectivity index (χ0) is 18.2. The summed E-state index contributed by atoms with van der Waals surface area (Å²) in [7, 11) is 0. The zero-order valence-electron chi connectivity index (χ0n) is 12.8. The van der Waals surface area contributed by atoms with E-state index >= 15 is 0 Å². The summed E-state index contributed by atoms with van der Waals surface area (Å²) >= 11 is 0. The lowest BCUT2D eigenvalue weighted by atomic mass is 9.99. The summed E-state index contributed by atoms with van der Waals surface area (Å²) in [6, 6.07) is 8.07. The van der Waals surface area contributed by atoms with Gasteiger partial charge in [0, 0.05) is 5.56 Å². The minimum atomic E-state index is -4.47. The van der Waals surface area contributed by atoms with E-state index in [-0.39, 0.29) is 11.4 Å². The van der Waals surface area contributed by atoms with Gasteiger partial charge in [-0.1, -0.05) is 12.1 Å². The maximum atomic E-state index is 12.9. The van der Waals surface area contributed by atoms with Crippen LogP contribution in [0.25, 0.3) is 22.2 Å². The fourth-order valence-corrected chi connectivity index (χ4v) is 2.48. The molecule has 2 aromatic carbocycles. The Hall–Kier alpha value is -2.77. The molecule has 1 heterocycles. The highest BCUT2D eigenvalue weighted by Crippen LogP contribution is 2.34. The van der Waals surface area contributed by atoms with E-state index in [9.17, 15) is 22.0 Å². The number of aromatic nitrogens is 2. The van der Waals surface area contributed by atoms with Crippen LogP contribution in [0, 0.1) is 6.92 Å². The summed E-state index contributed by atoms with van der Waals surface area (Å²) in [5.74, 6) is -0.358. The average molecular weight is 354 g/mol. The van der Waals surface area contributed by atoms with E-state index < -0.39 is 18.4 Å². The molecule has 3 rings (SSSR count). The predicted molar refractivity (Wildman–Crippen MR) is 81.3 cm³/mol. The second-order valence-corrected chi connectivity index (χ2v) is 5.35. The summed E-state index contributed by atoms with van der Waals surface area (Å²) in [6.07, 6.45) is -3.46. The Balaban J connectivity index is 2.16. The number of hydrogen-bond acceptors (Lipinski definition) is 3. The molecule has 0 aliphatic heterocycles. The molecule has 0 spiro atoms. The zero-order valence-corrected chi connectivity index (χ0v) is 12.8. The van der Waals surface area contributed by atoms with Gasteiger partial charge in [-0.3, -0.25) is 0 Å². The summed E-state index contributed by atoms with van der Waals surface area (Å²) < 4.78 is 67.6. The van der Waals surface area contributed by atoms with Crippen molar-refractivity contribution in [1.82, 2.24) is 9.97 Å². The van der Waals surface area contributed by atoms with E-state index in [1.807, 2.05) is 0 Å². The number of rotatable bonds is 3. The molecule has 3 nitrogen and oxygen atoms in total. The van der Waals surface area contributed by atoms with Crippen molar-refractivity contribution in [3.05, 3.63) is 53.7 Å². The topological polar surface area (TPSA) is 35.0 Å². The smallest absolute Gasteiger partial charge is 0.415 e. The van der Waals surface area contributed by atoms with Gasteiger partial charge in [-0.15, -0.1) is 0 Å². The lowest BCUT2D eigenvalue weighted by molar-refractivity contribution is -0.137. The van der Waals surface area contributed by atoms with Crippen molar-refractivity contribution >= 4 is 11.0 Å². The highest BCUT2D eigenvalue weighted by atomic mass is 19.4. The molecular weight excluding hydrogens is 343 g/mol. The Morgan fingerprint density at radius 2 is 1.84 bits per heavy atom. The molecule has 0 aliphatic rings. The maximum absolute atomic E-state index is 12.9. The molecule has 0 unspecified atom stereocenters. The molecule has 0 bridgehead atoms. The van der Waals surface area contributed by atoms with Crippen LogP contribution in [0.5, 0.6) is 5.88 Å². The van der Waals surface area contributed by atoms with E-state index in [1.165, 1.54) is 12.1 Å². The highest BCUT2D eigenvalue weighted by Gasteiger charge is 2.30. The molecule has 0 aliphatic carbocycles. The Bertz CT molecular complexity index is 925. The number of hydrogen-bond donors (Lipinski definition) is 0. The summed E-state index contributed by atoms with van der Waals surface area (Å²) in [4.78, 5) is 7.99. The molecule has 0 saturated carbocycles. The van der Waals surface area contributed by atoms with Crippen molar-refractivity contribution in [1.29, 1.82) is 0 Å². The number of fused-ring (bicyclic) bond motifs is 1. The molecule has 25 heavy (non-hydrogen) atoms. The average Bonchev–Trinajstić information content (AvgIpc) is 2.52. The van der Waals surface area contributed by atoms with E-state index in [2.05, 4.69) is 14.7 Å². The van der Waals surface area contributed by atoms with Gasteiger partial charge in [-0.25, -0.2) is 9.97 Å². The van der Waals surface area contributed by atoms with Gasteiger partial charge < -0.3 is 4.74 Å². The maximum Gasteiger partial charge on any atom is 0.416 e. The van der Waals surface area contributed by atoms with Gasteiger partial charge in [-0.05, 0) is 42.3 Å². The molecule has 0 radical (unpaired) electrons. The standard InChI is InChI=1S/C17H11F5N2O/c1-9-5-12(10-3-2-4-11(7-10)17(20,21)22)15-13(6-9)24-14(8-23-15)25-16(18)19/h2-8,16H,1H3. The minimum Gasteiger partial charge on any atom is -0.415 e. The lowest BCUT2D eigenvalue weighted by Gasteiger charge is -2.12. The third-order valence-corrected chi connectivity index (χ3v) is 3.48. The SMILES string of the molecule is Cc1cc(-c2cccc(C(F)(F)F)c2)c2ncc(OC(F)F)nc2c1. The summed E-state index contributed by atoms with van der Waals surface area (Å²) in [5.41, 5.74) is 1.20. The second-order valence-electron chi connectivity index (χ2n) is 5.35. The first-order chi connectivity index (χ1) is 11.7. The number of halogens is 5. The first-order valence-electron chi connectivity index (χ1n) is 7.14. The van der Waals surface area contributed by atoms with Crippen molar-refractivity contribution < 1.29 is 26.7 Å². The normalized spacial score (nSPS) is 12.0. The van der Waals surface area contributed by atoms with E-state index in [0.717, 1.165) is 18.3 Å².